The fraction of sp³-hybridized carbons (Fsp3) is 0.600. The molecule has 1 aliphatic heterocycles. The van der Waals surface area contributed by atoms with Crippen molar-refractivity contribution < 1.29 is 18.3 Å². The second-order valence-corrected chi connectivity index (χ2v) is 6.35. The van der Waals surface area contributed by atoms with Gasteiger partial charge in [0.15, 0.2) is 5.03 Å². The molecular weight excluding hydrogens is 272 g/mol. The number of aromatic carboxylic acids is 1. The Bertz CT molecular complexity index is 562. The molecule has 106 valence electrons. The van der Waals surface area contributed by atoms with Gasteiger partial charge in [0.25, 0.3) is 10.0 Å². The summed E-state index contributed by atoms with van der Waals surface area (Å²) in [5.41, 5.74) is -0.333. The first-order valence-corrected chi connectivity index (χ1v) is 7.34. The lowest BCUT2D eigenvalue weighted by Crippen LogP contribution is -2.44. The van der Waals surface area contributed by atoms with E-state index in [0.29, 0.717) is 12.8 Å². The fourth-order valence-corrected chi connectivity index (χ4v) is 3.61. The third kappa shape index (κ3) is 2.62. The zero-order valence-electron chi connectivity index (χ0n) is 10.5. The number of hydrogen-bond acceptors (Lipinski definition) is 5. The highest BCUT2D eigenvalue weighted by Crippen LogP contribution is 2.21. The molecule has 0 saturated carbocycles. The van der Waals surface area contributed by atoms with E-state index in [1.165, 1.54) is 11.4 Å². The number of aromatic amines is 1. The molecule has 0 aliphatic carbocycles. The number of carboxylic acid groups (broad SMARTS) is 1. The number of piperidine rings is 1. The summed E-state index contributed by atoms with van der Waals surface area (Å²) in [6.45, 7) is 1.50. The van der Waals surface area contributed by atoms with E-state index >= 15 is 0 Å². The van der Waals surface area contributed by atoms with Crippen LogP contribution in [0.2, 0.25) is 0 Å². The van der Waals surface area contributed by atoms with Gasteiger partial charge in [-0.1, -0.05) is 0 Å². The Labute approximate surface area is 110 Å². The van der Waals surface area contributed by atoms with Crippen LogP contribution in [0, 0.1) is 0 Å². The number of aromatic nitrogens is 2. The number of nitrogens with one attached hydrogen (secondary N) is 2. The number of hydrogen-bond donors (Lipinski definition) is 3. The molecule has 1 aromatic heterocycles. The summed E-state index contributed by atoms with van der Waals surface area (Å²) in [5, 5.41) is 17.5. The minimum absolute atomic E-state index is 0.129. The van der Waals surface area contributed by atoms with Crippen LogP contribution in [-0.2, 0) is 10.0 Å². The normalized spacial score (nSPS) is 17.8. The molecule has 0 spiro atoms. The Hall–Kier alpha value is -1.45. The lowest BCUT2D eigenvalue weighted by molar-refractivity contribution is 0.0692. The molecule has 9 heteroatoms. The van der Waals surface area contributed by atoms with E-state index < -0.39 is 16.0 Å². The number of sulfonamides is 1. The number of nitrogens with zero attached hydrogens (tertiary/aromatic N) is 2. The van der Waals surface area contributed by atoms with Gasteiger partial charge in [-0.05, 0) is 25.9 Å². The summed E-state index contributed by atoms with van der Waals surface area (Å²) in [4.78, 5) is 11.0. The molecule has 3 N–H and O–H groups in total. The van der Waals surface area contributed by atoms with Gasteiger partial charge in [-0.3, -0.25) is 5.10 Å². The molecule has 0 atom stereocenters. The average Bonchev–Trinajstić information content (AvgIpc) is 2.89. The van der Waals surface area contributed by atoms with E-state index in [0.717, 1.165) is 19.3 Å². The lowest BCUT2D eigenvalue weighted by atomic mass is 10.1. The average molecular weight is 288 g/mol. The predicted molar refractivity (Wildman–Crippen MR) is 66.4 cm³/mol. The minimum Gasteiger partial charge on any atom is -0.478 e. The maximum absolute atomic E-state index is 12.4. The zero-order valence-corrected chi connectivity index (χ0v) is 11.3. The number of carbonyl (C=O) groups is 1. The molecule has 1 aromatic rings. The summed E-state index contributed by atoms with van der Waals surface area (Å²) in [5.74, 6) is -1.31. The van der Waals surface area contributed by atoms with Crippen LogP contribution in [0.1, 0.15) is 23.2 Å². The van der Waals surface area contributed by atoms with Crippen LogP contribution >= 0.6 is 0 Å². The Morgan fingerprint density at radius 2 is 2.11 bits per heavy atom. The van der Waals surface area contributed by atoms with Crippen molar-refractivity contribution in [3.8, 4) is 0 Å². The smallest absolute Gasteiger partial charge is 0.340 e. The largest absolute Gasteiger partial charge is 0.478 e. The van der Waals surface area contributed by atoms with E-state index in [2.05, 4.69) is 15.5 Å². The van der Waals surface area contributed by atoms with E-state index in [9.17, 15) is 13.2 Å². The van der Waals surface area contributed by atoms with Crippen molar-refractivity contribution in [1.82, 2.24) is 19.8 Å². The van der Waals surface area contributed by atoms with Crippen LogP contribution in [0.3, 0.4) is 0 Å². The van der Waals surface area contributed by atoms with E-state index in [1.807, 2.05) is 0 Å². The monoisotopic (exact) mass is 288 g/mol. The summed E-state index contributed by atoms with van der Waals surface area (Å²) >= 11 is 0. The first-order chi connectivity index (χ1) is 8.94. The molecule has 19 heavy (non-hydrogen) atoms. The maximum atomic E-state index is 12.4. The van der Waals surface area contributed by atoms with Gasteiger partial charge in [-0.25, -0.2) is 13.2 Å². The molecule has 8 nitrogen and oxygen atoms in total. The highest BCUT2D eigenvalue weighted by Gasteiger charge is 2.33. The highest BCUT2D eigenvalue weighted by atomic mass is 32.2. The van der Waals surface area contributed by atoms with Crippen molar-refractivity contribution in [3.63, 3.8) is 0 Å². The Balaban J connectivity index is 2.30. The van der Waals surface area contributed by atoms with E-state index in [1.54, 1.807) is 0 Å². The van der Waals surface area contributed by atoms with Crippen LogP contribution < -0.4 is 5.32 Å². The molecule has 1 aliphatic rings. The van der Waals surface area contributed by atoms with Crippen molar-refractivity contribution in [1.29, 1.82) is 0 Å². The SMILES string of the molecule is CN(C1CCNCC1)S(=O)(=O)c1[nH]ncc1C(=O)O. The van der Waals surface area contributed by atoms with E-state index in [4.69, 9.17) is 5.11 Å². The van der Waals surface area contributed by atoms with Crippen molar-refractivity contribution in [2.45, 2.75) is 23.9 Å². The summed E-state index contributed by atoms with van der Waals surface area (Å²) < 4.78 is 26.0. The number of H-pyrrole nitrogens is 1. The molecule has 0 aromatic carbocycles. The number of rotatable bonds is 4. The topological polar surface area (TPSA) is 115 Å². The fourth-order valence-electron chi connectivity index (χ4n) is 2.13. The van der Waals surface area contributed by atoms with Crippen LogP contribution in [-0.4, -0.2) is 60.2 Å². The summed E-state index contributed by atoms with van der Waals surface area (Å²) in [7, 11) is -2.39. The van der Waals surface area contributed by atoms with Crippen molar-refractivity contribution in [3.05, 3.63) is 11.8 Å². The molecule has 0 unspecified atom stereocenters. The summed E-state index contributed by atoms with van der Waals surface area (Å²) in [6, 6.07) is -0.129. The quantitative estimate of drug-likeness (QED) is 0.686. The van der Waals surface area contributed by atoms with Gasteiger partial charge in [0.2, 0.25) is 0 Å². The zero-order chi connectivity index (χ0) is 14.0. The third-order valence-electron chi connectivity index (χ3n) is 3.29. The first-order valence-electron chi connectivity index (χ1n) is 5.90. The summed E-state index contributed by atoms with van der Waals surface area (Å²) in [6.07, 6.45) is 2.41. The van der Waals surface area contributed by atoms with Gasteiger partial charge in [0, 0.05) is 13.1 Å². The second kappa shape index (κ2) is 5.27. The first kappa shape index (κ1) is 14.0. The molecule has 2 heterocycles. The molecule has 1 saturated heterocycles. The van der Waals surface area contributed by atoms with Crippen LogP contribution in [0.4, 0.5) is 0 Å². The van der Waals surface area contributed by atoms with E-state index in [-0.39, 0.29) is 16.6 Å². The predicted octanol–water partition coefficient (Wildman–Crippen LogP) is -0.520. The standard InChI is InChI=1S/C10H16N4O4S/c1-14(7-2-4-11-5-3-7)19(17,18)9-8(10(15)16)6-12-13-9/h6-7,11H,2-5H2,1H3,(H,12,13)(H,15,16). The minimum atomic E-state index is -3.86. The second-order valence-electron chi connectivity index (χ2n) is 4.42. The van der Waals surface area contributed by atoms with Gasteiger partial charge in [-0.2, -0.15) is 9.40 Å². The lowest BCUT2D eigenvalue weighted by Gasteiger charge is -2.30. The molecule has 1 fully saturated rings. The maximum Gasteiger partial charge on any atom is 0.340 e. The highest BCUT2D eigenvalue weighted by molar-refractivity contribution is 7.89. The molecule has 0 amide bonds. The van der Waals surface area contributed by atoms with Crippen LogP contribution in [0.5, 0.6) is 0 Å². The van der Waals surface area contributed by atoms with Gasteiger partial charge in [0.1, 0.15) is 5.56 Å². The Morgan fingerprint density at radius 3 is 2.68 bits per heavy atom. The third-order valence-corrected chi connectivity index (χ3v) is 5.18. The van der Waals surface area contributed by atoms with Crippen LogP contribution in [0.15, 0.2) is 11.2 Å². The van der Waals surface area contributed by atoms with Gasteiger partial charge >= 0.3 is 5.97 Å². The molecule has 2 rings (SSSR count). The molecule has 0 radical (unpaired) electrons. The van der Waals surface area contributed by atoms with Crippen LogP contribution in [0.25, 0.3) is 0 Å². The van der Waals surface area contributed by atoms with Crippen molar-refractivity contribution in [2.75, 3.05) is 20.1 Å². The van der Waals surface area contributed by atoms with Crippen molar-refractivity contribution in [2.24, 2.45) is 0 Å². The number of carboxylic acids is 1. The van der Waals surface area contributed by atoms with Gasteiger partial charge < -0.3 is 10.4 Å². The Kier molecular flexibility index (Phi) is 3.88. The van der Waals surface area contributed by atoms with Gasteiger partial charge in [-0.15, -0.1) is 0 Å². The Morgan fingerprint density at radius 1 is 1.47 bits per heavy atom. The molecular formula is C10H16N4O4S. The van der Waals surface area contributed by atoms with Gasteiger partial charge in [0.05, 0.1) is 6.20 Å². The van der Waals surface area contributed by atoms with Crippen molar-refractivity contribution >= 4 is 16.0 Å². The molecule has 0 bridgehead atoms.